The molecule has 3 aromatic rings. The Morgan fingerprint density at radius 2 is 1.60 bits per heavy atom. The smallest absolute Gasteiger partial charge is 0.238 e. The lowest BCUT2D eigenvalue weighted by Crippen LogP contribution is -2.13. The van der Waals surface area contributed by atoms with E-state index in [1.54, 1.807) is 12.1 Å². The van der Waals surface area contributed by atoms with Crippen LogP contribution in [0.4, 0.5) is 0 Å². The minimum absolute atomic E-state index is 0.0792. The van der Waals surface area contributed by atoms with E-state index in [0.717, 1.165) is 65.4 Å². The van der Waals surface area contributed by atoms with Crippen LogP contribution in [0.3, 0.4) is 0 Å². The lowest BCUT2D eigenvalue weighted by Gasteiger charge is -2.25. The number of rotatable bonds is 3. The Morgan fingerprint density at radius 1 is 0.833 bits per heavy atom. The Balaban J connectivity index is 1.64. The van der Waals surface area contributed by atoms with Gasteiger partial charge in [0.15, 0.2) is 0 Å². The first-order valence-electron chi connectivity index (χ1n) is 9.87. The second-order valence-electron chi connectivity index (χ2n) is 7.54. The predicted octanol–water partition coefficient (Wildman–Crippen LogP) is 4.16. The summed E-state index contributed by atoms with van der Waals surface area (Å²) in [6, 6.07) is 20.8. The van der Waals surface area contributed by atoms with Gasteiger partial charge in [-0.05, 0) is 72.0 Å². The zero-order valence-corrected chi connectivity index (χ0v) is 17.1. The van der Waals surface area contributed by atoms with Crippen LogP contribution in [0.1, 0.15) is 28.7 Å². The van der Waals surface area contributed by atoms with E-state index in [0.29, 0.717) is 0 Å². The summed E-state index contributed by atoms with van der Waals surface area (Å²) in [7, 11) is -3.75. The molecule has 0 fully saturated rings. The van der Waals surface area contributed by atoms with Gasteiger partial charge in [-0.25, -0.2) is 13.6 Å². The van der Waals surface area contributed by atoms with Crippen molar-refractivity contribution in [3.63, 3.8) is 0 Å². The Morgan fingerprint density at radius 3 is 2.40 bits per heavy atom. The standard InChI is InChI=1S/C24H21NO4S/c25-30(26,27)20-10-7-16(8-11-20)24-21(15-19-4-1-2-6-23(19)29-24)17-9-12-22-18(14-17)5-3-13-28-22/h1-2,4,6-12,14H,3,5,13,15H2,(H2,25,26,27). The minimum atomic E-state index is -3.75. The third-order valence-electron chi connectivity index (χ3n) is 5.53. The molecule has 2 aliphatic heterocycles. The van der Waals surface area contributed by atoms with Crippen molar-refractivity contribution in [3.05, 3.63) is 89.0 Å². The minimum Gasteiger partial charge on any atom is -0.493 e. The number of hydrogen-bond acceptors (Lipinski definition) is 4. The van der Waals surface area contributed by atoms with Gasteiger partial charge in [0.2, 0.25) is 10.0 Å². The zero-order valence-electron chi connectivity index (χ0n) is 16.3. The van der Waals surface area contributed by atoms with Crippen LogP contribution in [0.15, 0.2) is 71.6 Å². The predicted molar refractivity (Wildman–Crippen MR) is 116 cm³/mol. The molecule has 6 heteroatoms. The highest BCUT2D eigenvalue weighted by Crippen LogP contribution is 2.40. The monoisotopic (exact) mass is 419 g/mol. The van der Waals surface area contributed by atoms with Crippen molar-refractivity contribution in [3.8, 4) is 11.5 Å². The molecule has 152 valence electrons. The molecule has 0 saturated heterocycles. The van der Waals surface area contributed by atoms with Crippen LogP contribution in [-0.4, -0.2) is 15.0 Å². The number of aryl methyl sites for hydroxylation is 1. The zero-order chi connectivity index (χ0) is 20.7. The van der Waals surface area contributed by atoms with Gasteiger partial charge >= 0.3 is 0 Å². The first-order valence-corrected chi connectivity index (χ1v) is 11.4. The van der Waals surface area contributed by atoms with Crippen LogP contribution in [-0.2, 0) is 22.9 Å². The third-order valence-corrected chi connectivity index (χ3v) is 6.46. The van der Waals surface area contributed by atoms with Gasteiger partial charge in [-0.15, -0.1) is 0 Å². The van der Waals surface area contributed by atoms with E-state index in [1.165, 1.54) is 17.7 Å². The molecule has 0 aromatic heterocycles. The lowest BCUT2D eigenvalue weighted by molar-refractivity contribution is 0.288. The maximum Gasteiger partial charge on any atom is 0.238 e. The van der Waals surface area contributed by atoms with E-state index < -0.39 is 10.0 Å². The molecule has 0 bridgehead atoms. The van der Waals surface area contributed by atoms with Crippen LogP contribution in [0, 0.1) is 0 Å². The van der Waals surface area contributed by atoms with Crippen molar-refractivity contribution in [1.29, 1.82) is 0 Å². The third kappa shape index (κ3) is 3.49. The van der Waals surface area contributed by atoms with Gasteiger partial charge < -0.3 is 9.47 Å². The fraction of sp³-hybridized carbons (Fsp3) is 0.167. The second-order valence-corrected chi connectivity index (χ2v) is 9.10. The Labute approximate surface area is 175 Å². The SMILES string of the molecule is NS(=O)(=O)c1ccc(C2=C(c3ccc4c(c3)CCCO4)Cc3ccccc3O2)cc1. The van der Waals surface area contributed by atoms with Crippen LogP contribution >= 0.6 is 0 Å². The van der Waals surface area contributed by atoms with Crippen molar-refractivity contribution in [2.75, 3.05) is 6.61 Å². The molecule has 2 heterocycles. The van der Waals surface area contributed by atoms with E-state index in [-0.39, 0.29) is 4.90 Å². The number of nitrogens with two attached hydrogens (primary N) is 1. The second kappa shape index (κ2) is 7.31. The van der Waals surface area contributed by atoms with Crippen LogP contribution in [0.25, 0.3) is 11.3 Å². The molecule has 0 atom stereocenters. The number of ether oxygens (including phenoxy) is 2. The molecule has 0 amide bonds. The van der Waals surface area contributed by atoms with Gasteiger partial charge in [-0.2, -0.15) is 0 Å². The van der Waals surface area contributed by atoms with E-state index in [4.69, 9.17) is 14.6 Å². The number of benzene rings is 3. The first-order chi connectivity index (χ1) is 14.5. The molecule has 0 aliphatic carbocycles. The van der Waals surface area contributed by atoms with Crippen molar-refractivity contribution >= 4 is 21.4 Å². The number of para-hydroxylation sites is 1. The van der Waals surface area contributed by atoms with Gasteiger partial charge in [-0.3, -0.25) is 0 Å². The van der Waals surface area contributed by atoms with Crippen molar-refractivity contribution < 1.29 is 17.9 Å². The van der Waals surface area contributed by atoms with Gasteiger partial charge in [0.25, 0.3) is 0 Å². The summed E-state index contributed by atoms with van der Waals surface area (Å²) in [4.78, 5) is 0.0792. The number of allylic oxidation sites excluding steroid dienone is 1. The van der Waals surface area contributed by atoms with Gasteiger partial charge in [0.1, 0.15) is 17.3 Å². The summed E-state index contributed by atoms with van der Waals surface area (Å²) in [5, 5.41) is 5.25. The number of sulfonamides is 1. The number of primary sulfonamides is 1. The van der Waals surface area contributed by atoms with Crippen molar-refractivity contribution in [2.45, 2.75) is 24.2 Å². The Bertz CT molecular complexity index is 1260. The van der Waals surface area contributed by atoms with E-state index >= 15 is 0 Å². The van der Waals surface area contributed by atoms with E-state index in [9.17, 15) is 8.42 Å². The summed E-state index contributed by atoms with van der Waals surface area (Å²) < 4.78 is 35.3. The summed E-state index contributed by atoms with van der Waals surface area (Å²) in [5.41, 5.74) is 5.27. The van der Waals surface area contributed by atoms with E-state index in [2.05, 4.69) is 18.2 Å². The molecule has 30 heavy (non-hydrogen) atoms. The highest BCUT2D eigenvalue weighted by molar-refractivity contribution is 7.89. The quantitative estimate of drug-likeness (QED) is 0.691. The topological polar surface area (TPSA) is 78.6 Å². The molecule has 3 aromatic carbocycles. The molecule has 0 spiro atoms. The molecule has 5 nitrogen and oxygen atoms in total. The number of fused-ring (bicyclic) bond motifs is 2. The van der Waals surface area contributed by atoms with Gasteiger partial charge in [-0.1, -0.05) is 24.3 Å². The lowest BCUT2D eigenvalue weighted by atomic mass is 9.90. The summed E-state index contributed by atoms with van der Waals surface area (Å²) >= 11 is 0. The first kappa shape index (κ1) is 18.9. The summed E-state index contributed by atoms with van der Waals surface area (Å²) in [5.74, 6) is 2.49. The van der Waals surface area contributed by atoms with Gasteiger partial charge in [0, 0.05) is 17.6 Å². The fourth-order valence-corrected chi connectivity index (χ4v) is 4.52. The maximum atomic E-state index is 11.6. The molecule has 0 unspecified atom stereocenters. The van der Waals surface area contributed by atoms with Crippen molar-refractivity contribution in [1.82, 2.24) is 0 Å². The van der Waals surface area contributed by atoms with Crippen molar-refractivity contribution in [2.24, 2.45) is 5.14 Å². The molecule has 2 N–H and O–H groups in total. The molecular weight excluding hydrogens is 398 g/mol. The Kier molecular flexibility index (Phi) is 4.60. The molecule has 2 aliphatic rings. The van der Waals surface area contributed by atoms with Crippen LogP contribution in [0.5, 0.6) is 11.5 Å². The average molecular weight is 420 g/mol. The summed E-state index contributed by atoms with van der Waals surface area (Å²) in [6.45, 7) is 0.757. The maximum absolute atomic E-state index is 11.6. The summed E-state index contributed by atoms with van der Waals surface area (Å²) in [6.07, 6.45) is 2.73. The molecule has 5 rings (SSSR count). The average Bonchev–Trinajstić information content (AvgIpc) is 2.77. The highest BCUT2D eigenvalue weighted by atomic mass is 32.2. The molecule has 0 radical (unpaired) electrons. The highest BCUT2D eigenvalue weighted by Gasteiger charge is 2.24. The fourth-order valence-electron chi connectivity index (χ4n) is 4.00. The molecular formula is C24H21NO4S. The van der Waals surface area contributed by atoms with Gasteiger partial charge in [0.05, 0.1) is 11.5 Å². The normalized spacial score (nSPS) is 15.6. The van der Waals surface area contributed by atoms with E-state index in [1.807, 2.05) is 24.3 Å². The Hall–Kier alpha value is -3.09. The number of hydrogen-bond donors (Lipinski definition) is 1. The van der Waals surface area contributed by atoms with Crippen LogP contribution in [0.2, 0.25) is 0 Å². The molecule has 0 saturated carbocycles. The largest absolute Gasteiger partial charge is 0.493 e. The van der Waals surface area contributed by atoms with Crippen LogP contribution < -0.4 is 14.6 Å².